The molecule has 1 fully saturated rings. The summed E-state index contributed by atoms with van der Waals surface area (Å²) in [6, 6.07) is 14.8. The molecule has 3 aromatic rings. The molecular formula is C27H28N2O6S. The van der Waals surface area contributed by atoms with Crippen molar-refractivity contribution in [3.8, 4) is 23.0 Å². The van der Waals surface area contributed by atoms with Crippen LogP contribution >= 0.6 is 11.3 Å². The summed E-state index contributed by atoms with van der Waals surface area (Å²) in [6.45, 7) is 1.06. The van der Waals surface area contributed by atoms with Gasteiger partial charge in [0.25, 0.3) is 5.91 Å². The van der Waals surface area contributed by atoms with Gasteiger partial charge < -0.3 is 28.7 Å². The summed E-state index contributed by atoms with van der Waals surface area (Å²) >= 11 is 1.60. The standard InChI is InChI=1S/C27H28N2O6S/c1-32-21-11-19(12-22(13-21)33-2)27(31)29(20-6-7-20)16-26(30)28(15-23-4-3-9-36-23)14-18-5-8-24-25(10-18)35-17-34-24/h3-5,8-13,20H,6-7,14-17H2,1-2H3. The zero-order valence-electron chi connectivity index (χ0n) is 20.3. The van der Waals surface area contributed by atoms with Crippen LogP contribution < -0.4 is 18.9 Å². The highest BCUT2D eigenvalue weighted by Crippen LogP contribution is 2.34. The van der Waals surface area contributed by atoms with E-state index in [2.05, 4.69) is 0 Å². The van der Waals surface area contributed by atoms with Crippen LogP contribution in [0.15, 0.2) is 53.9 Å². The molecule has 0 saturated heterocycles. The molecule has 8 nitrogen and oxygen atoms in total. The average molecular weight is 509 g/mol. The molecule has 0 bridgehead atoms. The summed E-state index contributed by atoms with van der Waals surface area (Å²) in [4.78, 5) is 31.7. The van der Waals surface area contributed by atoms with E-state index in [9.17, 15) is 9.59 Å². The number of hydrogen-bond donors (Lipinski definition) is 0. The molecule has 0 atom stereocenters. The highest BCUT2D eigenvalue weighted by Gasteiger charge is 2.35. The van der Waals surface area contributed by atoms with Crippen molar-refractivity contribution < 1.29 is 28.5 Å². The Kier molecular flexibility index (Phi) is 6.99. The molecule has 1 aliphatic carbocycles. The fourth-order valence-corrected chi connectivity index (χ4v) is 4.90. The van der Waals surface area contributed by atoms with Gasteiger partial charge in [0, 0.05) is 29.1 Å². The Hall–Kier alpha value is -3.72. The van der Waals surface area contributed by atoms with Gasteiger partial charge in [0.2, 0.25) is 12.7 Å². The van der Waals surface area contributed by atoms with E-state index in [0.717, 1.165) is 23.3 Å². The van der Waals surface area contributed by atoms with Gasteiger partial charge in [-0.1, -0.05) is 12.1 Å². The van der Waals surface area contributed by atoms with Crippen LogP contribution in [0.25, 0.3) is 0 Å². The van der Waals surface area contributed by atoms with Crippen molar-refractivity contribution in [1.82, 2.24) is 9.80 Å². The van der Waals surface area contributed by atoms with Gasteiger partial charge in [0.05, 0.1) is 20.8 Å². The van der Waals surface area contributed by atoms with Crippen LogP contribution in [0.5, 0.6) is 23.0 Å². The Morgan fingerprint density at radius 2 is 1.72 bits per heavy atom. The molecule has 0 unspecified atom stereocenters. The summed E-state index contributed by atoms with van der Waals surface area (Å²) in [6.07, 6.45) is 1.76. The second kappa shape index (κ2) is 10.5. The summed E-state index contributed by atoms with van der Waals surface area (Å²) in [5, 5.41) is 1.99. The van der Waals surface area contributed by atoms with Crippen molar-refractivity contribution in [2.45, 2.75) is 32.0 Å². The summed E-state index contributed by atoms with van der Waals surface area (Å²) in [5.41, 5.74) is 1.37. The molecule has 2 heterocycles. The van der Waals surface area contributed by atoms with Crippen molar-refractivity contribution in [3.63, 3.8) is 0 Å². The number of carbonyl (C=O) groups excluding carboxylic acids is 2. The Morgan fingerprint density at radius 3 is 2.39 bits per heavy atom. The molecule has 36 heavy (non-hydrogen) atoms. The number of fused-ring (bicyclic) bond motifs is 1. The first-order valence-electron chi connectivity index (χ1n) is 11.8. The van der Waals surface area contributed by atoms with Crippen LogP contribution in [0.2, 0.25) is 0 Å². The van der Waals surface area contributed by atoms with E-state index in [1.165, 1.54) is 0 Å². The van der Waals surface area contributed by atoms with Crippen LogP contribution in [0.4, 0.5) is 0 Å². The average Bonchev–Trinajstić information content (AvgIpc) is 3.40. The van der Waals surface area contributed by atoms with Crippen molar-refractivity contribution in [2.75, 3.05) is 27.6 Å². The third-order valence-electron chi connectivity index (χ3n) is 6.24. The molecule has 1 aromatic heterocycles. The molecule has 2 aromatic carbocycles. The van der Waals surface area contributed by atoms with E-state index in [1.807, 2.05) is 35.7 Å². The Bertz CT molecular complexity index is 1220. The third kappa shape index (κ3) is 5.41. The van der Waals surface area contributed by atoms with Gasteiger partial charge in [0.1, 0.15) is 18.0 Å². The number of methoxy groups -OCH3 is 2. The molecule has 5 rings (SSSR count). The first-order valence-corrected chi connectivity index (χ1v) is 12.6. The van der Waals surface area contributed by atoms with Crippen LogP contribution in [0, 0.1) is 0 Å². The summed E-state index contributed by atoms with van der Waals surface area (Å²) < 4.78 is 21.6. The zero-order valence-corrected chi connectivity index (χ0v) is 21.1. The molecule has 2 amide bonds. The molecular weight excluding hydrogens is 480 g/mol. The van der Waals surface area contributed by atoms with Gasteiger partial charge in [-0.2, -0.15) is 0 Å². The van der Waals surface area contributed by atoms with Gasteiger partial charge in [-0.05, 0) is 54.1 Å². The second-order valence-electron chi connectivity index (χ2n) is 8.78. The minimum Gasteiger partial charge on any atom is -0.497 e. The van der Waals surface area contributed by atoms with Gasteiger partial charge in [-0.25, -0.2) is 0 Å². The number of ether oxygens (including phenoxy) is 4. The number of rotatable bonds is 10. The molecule has 9 heteroatoms. The first kappa shape index (κ1) is 24.0. The Morgan fingerprint density at radius 1 is 0.972 bits per heavy atom. The fourth-order valence-electron chi connectivity index (χ4n) is 4.18. The highest BCUT2D eigenvalue weighted by molar-refractivity contribution is 7.09. The van der Waals surface area contributed by atoms with Crippen molar-refractivity contribution in [1.29, 1.82) is 0 Å². The number of thiophene rings is 1. The lowest BCUT2D eigenvalue weighted by Gasteiger charge is -2.28. The van der Waals surface area contributed by atoms with Gasteiger partial charge >= 0.3 is 0 Å². The molecule has 1 saturated carbocycles. The maximum atomic E-state index is 13.7. The number of carbonyl (C=O) groups is 2. The molecule has 1 aliphatic heterocycles. The van der Waals surface area contributed by atoms with Crippen LogP contribution in [-0.2, 0) is 17.9 Å². The first-order chi connectivity index (χ1) is 17.5. The van der Waals surface area contributed by atoms with Crippen molar-refractivity contribution in [2.24, 2.45) is 0 Å². The largest absolute Gasteiger partial charge is 0.497 e. The Balaban J connectivity index is 1.37. The van der Waals surface area contributed by atoms with Crippen molar-refractivity contribution in [3.05, 3.63) is 69.9 Å². The van der Waals surface area contributed by atoms with Gasteiger partial charge in [-0.3, -0.25) is 9.59 Å². The van der Waals surface area contributed by atoms with E-state index in [-0.39, 0.29) is 31.2 Å². The number of amides is 2. The van der Waals surface area contributed by atoms with Gasteiger partial charge in [-0.15, -0.1) is 11.3 Å². The molecule has 188 valence electrons. The molecule has 0 N–H and O–H groups in total. The summed E-state index contributed by atoms with van der Waals surface area (Å²) in [5.74, 6) is 2.12. The molecule has 0 spiro atoms. The maximum Gasteiger partial charge on any atom is 0.254 e. The molecule has 2 aliphatic rings. The quantitative estimate of drug-likeness (QED) is 0.406. The lowest BCUT2D eigenvalue weighted by molar-refractivity contribution is -0.133. The normalized spacial score (nSPS) is 13.8. The predicted molar refractivity (Wildman–Crippen MR) is 135 cm³/mol. The number of benzene rings is 2. The van der Waals surface area contributed by atoms with E-state index in [1.54, 1.807) is 53.6 Å². The lowest BCUT2D eigenvalue weighted by atomic mass is 10.1. The van der Waals surface area contributed by atoms with Crippen LogP contribution in [0.1, 0.15) is 33.6 Å². The zero-order chi connectivity index (χ0) is 25.1. The number of hydrogen-bond acceptors (Lipinski definition) is 7. The van der Waals surface area contributed by atoms with Crippen LogP contribution in [-0.4, -0.2) is 55.2 Å². The minimum absolute atomic E-state index is 0.00104. The maximum absolute atomic E-state index is 13.7. The molecule has 0 radical (unpaired) electrons. The number of nitrogens with zero attached hydrogens (tertiary/aromatic N) is 2. The SMILES string of the molecule is COc1cc(OC)cc(C(=O)N(CC(=O)N(Cc2ccc3c(c2)OCO3)Cc2cccs2)C2CC2)c1. The predicted octanol–water partition coefficient (Wildman–Crippen LogP) is 4.33. The highest BCUT2D eigenvalue weighted by atomic mass is 32.1. The van der Waals surface area contributed by atoms with E-state index in [4.69, 9.17) is 18.9 Å². The minimum atomic E-state index is -0.206. The fraction of sp³-hybridized carbons (Fsp3) is 0.333. The van der Waals surface area contributed by atoms with E-state index < -0.39 is 0 Å². The Labute approximate surface area is 213 Å². The van der Waals surface area contributed by atoms with Crippen molar-refractivity contribution >= 4 is 23.2 Å². The van der Waals surface area contributed by atoms with E-state index >= 15 is 0 Å². The lowest BCUT2D eigenvalue weighted by Crippen LogP contribution is -2.43. The monoisotopic (exact) mass is 508 g/mol. The second-order valence-corrected chi connectivity index (χ2v) is 9.81. The van der Waals surface area contributed by atoms with E-state index in [0.29, 0.717) is 41.7 Å². The van der Waals surface area contributed by atoms with Crippen LogP contribution in [0.3, 0.4) is 0 Å². The smallest absolute Gasteiger partial charge is 0.254 e. The third-order valence-corrected chi connectivity index (χ3v) is 7.10. The summed E-state index contributed by atoms with van der Waals surface area (Å²) in [7, 11) is 3.09. The van der Waals surface area contributed by atoms with Gasteiger partial charge in [0.15, 0.2) is 11.5 Å². The topological polar surface area (TPSA) is 77.5 Å².